The predicted molar refractivity (Wildman–Crippen MR) is 106 cm³/mol. The molecule has 2 heterocycles. The van der Waals surface area contributed by atoms with Crippen molar-refractivity contribution in [3.8, 4) is 11.1 Å². The third-order valence-corrected chi connectivity index (χ3v) is 4.58. The summed E-state index contributed by atoms with van der Waals surface area (Å²) in [7, 11) is 0. The molecule has 0 bridgehead atoms. The second kappa shape index (κ2) is 6.90. The van der Waals surface area contributed by atoms with Gasteiger partial charge < -0.3 is 10.4 Å². The summed E-state index contributed by atoms with van der Waals surface area (Å²) in [6.45, 7) is 0. The van der Waals surface area contributed by atoms with Crippen LogP contribution in [-0.2, 0) is 0 Å². The van der Waals surface area contributed by atoms with E-state index in [9.17, 15) is 9.90 Å². The first-order chi connectivity index (χ1) is 13.0. The number of nitrogens with zero attached hydrogens (tertiary/aromatic N) is 2. The number of nitrogens with one attached hydrogen (secondary N) is 2. The van der Waals surface area contributed by atoms with E-state index in [1.807, 2.05) is 6.07 Å². The first kappa shape index (κ1) is 17.3. The maximum Gasteiger partial charge on any atom is 0.337 e. The molecule has 27 heavy (non-hydrogen) atoms. The second-order valence-corrected chi connectivity index (χ2v) is 6.69. The van der Waals surface area contributed by atoms with Crippen LogP contribution in [0.15, 0.2) is 55.0 Å². The fourth-order valence-corrected chi connectivity index (χ4v) is 3.20. The van der Waals surface area contributed by atoms with Gasteiger partial charge in [-0.25, -0.2) is 4.79 Å². The summed E-state index contributed by atoms with van der Waals surface area (Å²) in [6.07, 6.45) is 5.11. The first-order valence-corrected chi connectivity index (χ1v) is 8.66. The SMILES string of the molecule is O=C(O)c1cc(Cl)ccc1Nc1c(-c2cn[nH]c2)cnc2ccc(Cl)cc12. The van der Waals surface area contributed by atoms with Crippen molar-refractivity contribution in [3.05, 3.63) is 70.6 Å². The van der Waals surface area contributed by atoms with Gasteiger partial charge in [0.15, 0.2) is 0 Å². The van der Waals surface area contributed by atoms with Crippen molar-refractivity contribution >= 4 is 51.4 Å². The standard InChI is InChI=1S/C19H12Cl2N4O2/c20-11-1-3-16-13(5-11)18(15(9-22-16)10-7-23-24-8-10)25-17-4-2-12(21)6-14(17)19(26)27/h1-9H,(H,22,25)(H,23,24)(H,26,27). The number of pyridine rings is 1. The molecule has 0 amide bonds. The number of H-pyrrole nitrogens is 1. The van der Waals surface area contributed by atoms with Gasteiger partial charge in [0.05, 0.1) is 28.7 Å². The van der Waals surface area contributed by atoms with E-state index in [4.69, 9.17) is 23.2 Å². The van der Waals surface area contributed by atoms with E-state index in [1.54, 1.807) is 42.9 Å². The largest absolute Gasteiger partial charge is 0.478 e. The van der Waals surface area contributed by atoms with Crippen molar-refractivity contribution in [2.75, 3.05) is 5.32 Å². The van der Waals surface area contributed by atoms with Gasteiger partial charge in [0, 0.05) is 39.0 Å². The van der Waals surface area contributed by atoms with Crippen LogP contribution < -0.4 is 5.32 Å². The molecule has 4 aromatic rings. The number of rotatable bonds is 4. The molecular weight excluding hydrogens is 387 g/mol. The minimum Gasteiger partial charge on any atom is -0.478 e. The molecule has 0 aliphatic heterocycles. The number of carboxylic acid groups (broad SMARTS) is 1. The molecule has 4 rings (SSSR count). The maximum absolute atomic E-state index is 11.6. The Morgan fingerprint density at radius 2 is 1.85 bits per heavy atom. The zero-order valence-electron chi connectivity index (χ0n) is 13.7. The van der Waals surface area contributed by atoms with Crippen LogP contribution in [0.25, 0.3) is 22.0 Å². The summed E-state index contributed by atoms with van der Waals surface area (Å²) < 4.78 is 0. The van der Waals surface area contributed by atoms with Gasteiger partial charge in [-0.05, 0) is 36.4 Å². The molecule has 0 saturated carbocycles. The van der Waals surface area contributed by atoms with Crippen LogP contribution in [0.2, 0.25) is 10.0 Å². The number of anilines is 2. The predicted octanol–water partition coefficient (Wildman–Crippen LogP) is 5.37. The molecule has 0 fully saturated rings. The number of aromatic amines is 1. The van der Waals surface area contributed by atoms with Gasteiger partial charge in [-0.15, -0.1) is 0 Å². The smallest absolute Gasteiger partial charge is 0.337 e. The van der Waals surface area contributed by atoms with Crippen molar-refractivity contribution in [3.63, 3.8) is 0 Å². The Morgan fingerprint density at radius 1 is 1.07 bits per heavy atom. The lowest BCUT2D eigenvalue weighted by atomic mass is 10.0. The third-order valence-electron chi connectivity index (χ3n) is 4.11. The second-order valence-electron chi connectivity index (χ2n) is 5.82. The van der Waals surface area contributed by atoms with E-state index in [0.717, 1.165) is 22.0 Å². The van der Waals surface area contributed by atoms with E-state index in [2.05, 4.69) is 20.5 Å². The number of fused-ring (bicyclic) bond motifs is 1. The van der Waals surface area contributed by atoms with Crippen LogP contribution in [0.3, 0.4) is 0 Å². The van der Waals surface area contributed by atoms with Gasteiger partial charge in [0.2, 0.25) is 0 Å². The highest BCUT2D eigenvalue weighted by Crippen LogP contribution is 2.37. The van der Waals surface area contributed by atoms with Crippen LogP contribution in [0.4, 0.5) is 11.4 Å². The highest BCUT2D eigenvalue weighted by atomic mass is 35.5. The Balaban J connectivity index is 1.96. The van der Waals surface area contributed by atoms with E-state index < -0.39 is 5.97 Å². The molecule has 3 N–H and O–H groups in total. The molecule has 0 saturated heterocycles. The summed E-state index contributed by atoms with van der Waals surface area (Å²) in [5.74, 6) is -1.08. The summed E-state index contributed by atoms with van der Waals surface area (Å²) >= 11 is 12.1. The number of carbonyl (C=O) groups is 1. The van der Waals surface area contributed by atoms with Gasteiger partial charge in [-0.2, -0.15) is 5.10 Å². The van der Waals surface area contributed by atoms with Crippen molar-refractivity contribution in [1.29, 1.82) is 0 Å². The van der Waals surface area contributed by atoms with Gasteiger partial charge in [-0.3, -0.25) is 10.1 Å². The van der Waals surface area contributed by atoms with Crippen LogP contribution in [0.1, 0.15) is 10.4 Å². The minimum absolute atomic E-state index is 0.0626. The molecule has 0 unspecified atom stereocenters. The third kappa shape index (κ3) is 3.32. The zero-order valence-corrected chi connectivity index (χ0v) is 15.2. The number of aromatic nitrogens is 3. The van der Waals surface area contributed by atoms with Crippen molar-refractivity contribution in [2.45, 2.75) is 0 Å². The quantitative estimate of drug-likeness (QED) is 0.429. The molecule has 6 nitrogen and oxygen atoms in total. The maximum atomic E-state index is 11.6. The fourth-order valence-electron chi connectivity index (χ4n) is 2.85. The van der Waals surface area contributed by atoms with Gasteiger partial charge in [0.1, 0.15) is 0 Å². The molecule has 0 atom stereocenters. The van der Waals surface area contributed by atoms with E-state index in [-0.39, 0.29) is 5.56 Å². The van der Waals surface area contributed by atoms with Crippen LogP contribution in [0.5, 0.6) is 0 Å². The molecule has 8 heteroatoms. The Bertz CT molecular complexity index is 1160. The Morgan fingerprint density at radius 3 is 2.59 bits per heavy atom. The lowest BCUT2D eigenvalue weighted by Gasteiger charge is -2.16. The monoisotopic (exact) mass is 398 g/mol. The Kier molecular flexibility index (Phi) is 4.43. The van der Waals surface area contributed by atoms with Crippen molar-refractivity contribution in [1.82, 2.24) is 15.2 Å². The van der Waals surface area contributed by atoms with E-state index >= 15 is 0 Å². The molecule has 2 aromatic heterocycles. The van der Waals surface area contributed by atoms with Gasteiger partial charge >= 0.3 is 5.97 Å². The van der Waals surface area contributed by atoms with Crippen LogP contribution in [0, 0.1) is 0 Å². The highest BCUT2D eigenvalue weighted by molar-refractivity contribution is 6.32. The number of carboxylic acids is 1. The van der Waals surface area contributed by atoms with Crippen molar-refractivity contribution in [2.24, 2.45) is 0 Å². The average Bonchev–Trinajstić information content (AvgIpc) is 3.17. The molecule has 2 aromatic carbocycles. The number of hydrogen-bond donors (Lipinski definition) is 3. The molecule has 0 aliphatic carbocycles. The summed E-state index contributed by atoms with van der Waals surface area (Å²) in [4.78, 5) is 16.1. The summed E-state index contributed by atoms with van der Waals surface area (Å²) in [6, 6.07) is 10.0. The lowest BCUT2D eigenvalue weighted by Crippen LogP contribution is -2.04. The number of aromatic carboxylic acids is 1. The molecule has 134 valence electrons. The van der Waals surface area contributed by atoms with Crippen LogP contribution >= 0.6 is 23.2 Å². The van der Waals surface area contributed by atoms with Gasteiger partial charge in [-0.1, -0.05) is 23.2 Å². The lowest BCUT2D eigenvalue weighted by molar-refractivity contribution is 0.0698. The first-order valence-electron chi connectivity index (χ1n) is 7.90. The van der Waals surface area contributed by atoms with E-state index in [0.29, 0.717) is 21.4 Å². The Labute approximate surface area is 163 Å². The molecular formula is C19H12Cl2N4O2. The Hall–Kier alpha value is -3.09. The average molecular weight is 399 g/mol. The topological polar surface area (TPSA) is 90.9 Å². The zero-order chi connectivity index (χ0) is 19.0. The number of benzene rings is 2. The van der Waals surface area contributed by atoms with Gasteiger partial charge in [0.25, 0.3) is 0 Å². The minimum atomic E-state index is -1.08. The molecule has 0 radical (unpaired) electrons. The molecule has 0 aliphatic rings. The highest BCUT2D eigenvalue weighted by Gasteiger charge is 2.16. The number of hydrogen-bond acceptors (Lipinski definition) is 4. The summed E-state index contributed by atoms with van der Waals surface area (Å²) in [5.41, 5.74) is 3.42. The normalized spacial score (nSPS) is 10.9. The van der Waals surface area contributed by atoms with Crippen molar-refractivity contribution < 1.29 is 9.90 Å². The fraction of sp³-hybridized carbons (Fsp3) is 0. The van der Waals surface area contributed by atoms with E-state index in [1.165, 1.54) is 6.07 Å². The van der Waals surface area contributed by atoms with Crippen LogP contribution in [-0.4, -0.2) is 26.3 Å². The number of halogens is 2. The molecule has 0 spiro atoms. The summed E-state index contributed by atoms with van der Waals surface area (Å²) in [5, 5.41) is 21.2.